The Labute approximate surface area is 154 Å². The van der Waals surface area contributed by atoms with Crippen molar-refractivity contribution in [2.45, 2.75) is 44.6 Å². The highest BCUT2D eigenvalue weighted by Gasteiger charge is 2.16. The molecule has 0 saturated carbocycles. The van der Waals surface area contributed by atoms with Crippen LogP contribution in [-0.4, -0.2) is 31.0 Å². The van der Waals surface area contributed by atoms with E-state index in [4.69, 9.17) is 15.2 Å². The maximum Gasteiger partial charge on any atom is 0.119 e. The SMILES string of the molecule is COc1ccc(OCCCCc2ccc(CCC(C)(N)CO)s2)cc1. The number of ether oxygens (including phenoxy) is 2. The number of benzene rings is 1. The first kappa shape index (κ1) is 19.8. The van der Waals surface area contributed by atoms with Gasteiger partial charge >= 0.3 is 0 Å². The standard InChI is InChI=1S/C20H29NO3S/c1-20(21,15-22)13-12-19-11-10-18(25-19)5-3-4-14-24-17-8-6-16(23-2)7-9-17/h6-11,22H,3-5,12-15,21H2,1-2H3. The first-order chi connectivity index (χ1) is 12.0. The summed E-state index contributed by atoms with van der Waals surface area (Å²) < 4.78 is 10.9. The predicted molar refractivity (Wildman–Crippen MR) is 104 cm³/mol. The fourth-order valence-corrected chi connectivity index (χ4v) is 3.50. The molecule has 2 rings (SSSR count). The van der Waals surface area contributed by atoms with Crippen molar-refractivity contribution in [1.82, 2.24) is 0 Å². The number of thiophene rings is 1. The maximum absolute atomic E-state index is 9.21. The average Bonchev–Trinajstić information content (AvgIpc) is 3.08. The fourth-order valence-electron chi connectivity index (χ4n) is 2.44. The van der Waals surface area contributed by atoms with Crippen LogP contribution in [0.1, 0.15) is 35.9 Å². The topological polar surface area (TPSA) is 64.7 Å². The van der Waals surface area contributed by atoms with Crippen molar-refractivity contribution >= 4 is 11.3 Å². The van der Waals surface area contributed by atoms with Gasteiger partial charge in [0.25, 0.3) is 0 Å². The van der Waals surface area contributed by atoms with Crippen molar-refractivity contribution < 1.29 is 14.6 Å². The summed E-state index contributed by atoms with van der Waals surface area (Å²) in [6.07, 6.45) is 4.96. The molecule has 3 N–H and O–H groups in total. The van der Waals surface area contributed by atoms with Crippen LogP contribution in [0.25, 0.3) is 0 Å². The number of aliphatic hydroxyl groups is 1. The molecule has 1 heterocycles. The third-order valence-corrected chi connectivity index (χ3v) is 5.37. The molecule has 1 aromatic carbocycles. The van der Waals surface area contributed by atoms with Crippen LogP contribution in [-0.2, 0) is 12.8 Å². The van der Waals surface area contributed by atoms with Crippen molar-refractivity contribution in [3.63, 3.8) is 0 Å². The smallest absolute Gasteiger partial charge is 0.119 e. The van der Waals surface area contributed by atoms with E-state index >= 15 is 0 Å². The minimum absolute atomic E-state index is 0.0272. The van der Waals surface area contributed by atoms with E-state index < -0.39 is 5.54 Å². The lowest BCUT2D eigenvalue weighted by Gasteiger charge is -2.20. The van der Waals surface area contributed by atoms with E-state index in [1.807, 2.05) is 42.5 Å². The third kappa shape index (κ3) is 7.06. The number of methoxy groups -OCH3 is 1. The molecule has 0 aliphatic rings. The molecule has 0 radical (unpaired) electrons. The molecular formula is C20H29NO3S. The number of hydrogen-bond acceptors (Lipinski definition) is 5. The van der Waals surface area contributed by atoms with Crippen LogP contribution in [0.15, 0.2) is 36.4 Å². The Morgan fingerprint density at radius 3 is 2.28 bits per heavy atom. The van der Waals surface area contributed by atoms with Gasteiger partial charge in [0.2, 0.25) is 0 Å². The average molecular weight is 364 g/mol. The number of unbranched alkanes of at least 4 members (excludes halogenated alkanes) is 1. The Morgan fingerprint density at radius 2 is 1.64 bits per heavy atom. The maximum atomic E-state index is 9.21. The lowest BCUT2D eigenvalue weighted by Crippen LogP contribution is -2.40. The number of aliphatic hydroxyl groups excluding tert-OH is 1. The number of hydrogen-bond donors (Lipinski definition) is 2. The Balaban J connectivity index is 1.63. The third-order valence-electron chi connectivity index (χ3n) is 4.17. The molecule has 2 aromatic rings. The largest absolute Gasteiger partial charge is 0.497 e. The highest BCUT2D eigenvalue weighted by atomic mass is 32.1. The van der Waals surface area contributed by atoms with Gasteiger partial charge in [0.05, 0.1) is 20.3 Å². The Kier molecular flexibility index (Phi) is 7.75. The molecule has 0 bridgehead atoms. The quantitative estimate of drug-likeness (QED) is 0.596. The number of nitrogens with two attached hydrogens (primary N) is 1. The summed E-state index contributed by atoms with van der Waals surface area (Å²) in [7, 11) is 1.66. The van der Waals surface area contributed by atoms with Gasteiger partial charge in [-0.15, -0.1) is 11.3 Å². The monoisotopic (exact) mass is 363 g/mol. The van der Waals surface area contributed by atoms with Gasteiger partial charge < -0.3 is 20.3 Å². The highest BCUT2D eigenvalue weighted by molar-refractivity contribution is 7.11. The minimum atomic E-state index is -0.483. The van der Waals surface area contributed by atoms with Gasteiger partial charge in [-0.1, -0.05) is 0 Å². The lowest BCUT2D eigenvalue weighted by atomic mass is 9.98. The zero-order valence-corrected chi connectivity index (χ0v) is 16.0. The Bertz CT molecular complexity index is 622. The van der Waals surface area contributed by atoms with Crippen molar-refractivity contribution in [2.24, 2.45) is 5.73 Å². The van der Waals surface area contributed by atoms with Crippen LogP contribution in [0.3, 0.4) is 0 Å². The van der Waals surface area contributed by atoms with Crippen LogP contribution < -0.4 is 15.2 Å². The van der Waals surface area contributed by atoms with E-state index in [1.165, 1.54) is 9.75 Å². The summed E-state index contributed by atoms with van der Waals surface area (Å²) in [5.41, 5.74) is 5.50. The highest BCUT2D eigenvalue weighted by Crippen LogP contribution is 2.22. The molecule has 1 aromatic heterocycles. The van der Waals surface area contributed by atoms with Crippen LogP contribution in [0.4, 0.5) is 0 Å². The second-order valence-corrected chi connectivity index (χ2v) is 7.91. The van der Waals surface area contributed by atoms with Gasteiger partial charge in [0, 0.05) is 15.3 Å². The Hall–Kier alpha value is -1.56. The van der Waals surface area contributed by atoms with Gasteiger partial charge in [0.15, 0.2) is 0 Å². The molecule has 0 fully saturated rings. The van der Waals surface area contributed by atoms with E-state index in [2.05, 4.69) is 12.1 Å². The van der Waals surface area contributed by atoms with Crippen LogP contribution in [0.5, 0.6) is 11.5 Å². The first-order valence-corrected chi connectivity index (χ1v) is 9.58. The molecule has 1 atom stereocenters. The van der Waals surface area contributed by atoms with Gasteiger partial charge in [-0.05, 0) is 75.4 Å². The summed E-state index contributed by atoms with van der Waals surface area (Å²) in [4.78, 5) is 2.75. The van der Waals surface area contributed by atoms with Crippen molar-refractivity contribution in [2.75, 3.05) is 20.3 Å². The van der Waals surface area contributed by atoms with Crippen LogP contribution in [0, 0.1) is 0 Å². The van der Waals surface area contributed by atoms with E-state index in [-0.39, 0.29) is 6.61 Å². The number of rotatable bonds is 11. The minimum Gasteiger partial charge on any atom is -0.497 e. The second-order valence-electron chi connectivity index (χ2n) is 6.66. The molecule has 4 nitrogen and oxygen atoms in total. The predicted octanol–water partition coefficient (Wildman–Crippen LogP) is 3.80. The summed E-state index contributed by atoms with van der Waals surface area (Å²) in [6, 6.07) is 12.1. The van der Waals surface area contributed by atoms with Gasteiger partial charge in [-0.25, -0.2) is 0 Å². The fraction of sp³-hybridized carbons (Fsp3) is 0.500. The molecule has 0 spiro atoms. The van der Waals surface area contributed by atoms with Gasteiger partial charge in [-0.3, -0.25) is 0 Å². The van der Waals surface area contributed by atoms with E-state index in [1.54, 1.807) is 7.11 Å². The molecular weight excluding hydrogens is 334 g/mol. The molecule has 138 valence electrons. The summed E-state index contributed by atoms with van der Waals surface area (Å²) >= 11 is 1.85. The zero-order valence-electron chi connectivity index (χ0n) is 15.2. The van der Waals surface area contributed by atoms with Crippen molar-refractivity contribution in [3.05, 3.63) is 46.2 Å². The molecule has 0 amide bonds. The molecule has 5 heteroatoms. The summed E-state index contributed by atoms with van der Waals surface area (Å²) in [5.74, 6) is 1.72. The summed E-state index contributed by atoms with van der Waals surface area (Å²) in [5, 5.41) is 9.21. The Morgan fingerprint density at radius 1 is 1.00 bits per heavy atom. The van der Waals surface area contributed by atoms with Crippen molar-refractivity contribution in [3.8, 4) is 11.5 Å². The second kappa shape index (κ2) is 9.80. The molecule has 25 heavy (non-hydrogen) atoms. The van der Waals surface area contributed by atoms with Crippen LogP contribution in [0.2, 0.25) is 0 Å². The number of aryl methyl sites for hydroxylation is 2. The lowest BCUT2D eigenvalue weighted by molar-refractivity contribution is 0.201. The zero-order chi connectivity index (χ0) is 18.1. The molecule has 0 saturated heterocycles. The van der Waals surface area contributed by atoms with E-state index in [0.29, 0.717) is 0 Å². The molecule has 0 aliphatic carbocycles. The molecule has 1 unspecified atom stereocenters. The van der Waals surface area contributed by atoms with Crippen molar-refractivity contribution in [1.29, 1.82) is 0 Å². The molecule has 0 aliphatic heterocycles. The van der Waals surface area contributed by atoms with E-state index in [9.17, 15) is 5.11 Å². The van der Waals surface area contributed by atoms with E-state index in [0.717, 1.165) is 50.2 Å². The van der Waals surface area contributed by atoms with Gasteiger partial charge in [0.1, 0.15) is 11.5 Å². The van der Waals surface area contributed by atoms with Gasteiger partial charge in [-0.2, -0.15) is 0 Å². The summed E-state index contributed by atoms with van der Waals surface area (Å²) in [6.45, 7) is 2.65. The first-order valence-electron chi connectivity index (χ1n) is 8.76. The normalized spacial score (nSPS) is 13.4. The van der Waals surface area contributed by atoms with Crippen LogP contribution >= 0.6 is 11.3 Å².